The summed E-state index contributed by atoms with van der Waals surface area (Å²) in [5.41, 5.74) is -0.113. The predicted molar refractivity (Wildman–Crippen MR) is 65.4 cm³/mol. The first-order valence-electron chi connectivity index (χ1n) is 5.75. The van der Waals surface area contributed by atoms with Gasteiger partial charge in [0, 0.05) is 24.8 Å². The average Bonchev–Trinajstić information content (AvgIpc) is 2.28. The highest BCUT2D eigenvalue weighted by Crippen LogP contribution is 2.29. The van der Waals surface area contributed by atoms with E-state index in [-0.39, 0.29) is 5.60 Å². The van der Waals surface area contributed by atoms with Crippen LogP contribution in [0.1, 0.15) is 45.4 Å². The fourth-order valence-corrected chi connectivity index (χ4v) is 2.57. The molecule has 3 heteroatoms. The van der Waals surface area contributed by atoms with Gasteiger partial charge in [0.05, 0.1) is 5.60 Å². The van der Waals surface area contributed by atoms with Crippen molar-refractivity contribution in [1.82, 2.24) is 0 Å². The third-order valence-electron chi connectivity index (χ3n) is 3.48. The maximum absolute atomic E-state index is 11.6. The van der Waals surface area contributed by atoms with Gasteiger partial charge in [-0.15, -0.1) is 0 Å². The van der Waals surface area contributed by atoms with Crippen LogP contribution in [0.3, 0.4) is 0 Å². The lowest BCUT2D eigenvalue weighted by atomic mass is 9.83. The molecular weight excluding hydrogens is 256 g/mol. The number of carbonyl (C=O) groups excluding carboxylic acids is 1. The van der Waals surface area contributed by atoms with Crippen LogP contribution >= 0.6 is 15.9 Å². The van der Waals surface area contributed by atoms with Crippen LogP contribution in [-0.2, 0) is 9.53 Å². The zero-order chi connectivity index (χ0) is 11.3. The van der Waals surface area contributed by atoms with Gasteiger partial charge in [-0.3, -0.25) is 4.79 Å². The number of Topliss-reactive ketones (excluding diaryl/α,β-unsaturated/α-hetero) is 1. The number of alkyl halides is 1. The van der Waals surface area contributed by atoms with Gasteiger partial charge < -0.3 is 4.74 Å². The Morgan fingerprint density at radius 3 is 2.80 bits per heavy atom. The zero-order valence-electron chi connectivity index (χ0n) is 9.72. The normalized spacial score (nSPS) is 26.3. The summed E-state index contributed by atoms with van der Waals surface area (Å²) in [6, 6.07) is 0. The van der Waals surface area contributed by atoms with Crippen molar-refractivity contribution in [3.05, 3.63) is 0 Å². The Balaban J connectivity index is 2.37. The monoisotopic (exact) mass is 276 g/mol. The van der Waals surface area contributed by atoms with Crippen molar-refractivity contribution < 1.29 is 9.53 Å². The maximum Gasteiger partial charge on any atom is 0.135 e. The second kappa shape index (κ2) is 6.00. The van der Waals surface area contributed by atoms with E-state index in [4.69, 9.17) is 4.74 Å². The summed E-state index contributed by atoms with van der Waals surface area (Å²) in [6.45, 7) is 2.09. The molecule has 1 aliphatic rings. The molecule has 0 radical (unpaired) electrons. The number of ether oxygens (including phenoxy) is 1. The number of methoxy groups -OCH3 is 1. The summed E-state index contributed by atoms with van der Waals surface area (Å²) in [4.78, 5) is 11.6. The van der Waals surface area contributed by atoms with E-state index in [9.17, 15) is 4.79 Å². The molecule has 1 saturated carbocycles. The van der Waals surface area contributed by atoms with Crippen molar-refractivity contribution in [2.45, 2.75) is 51.0 Å². The van der Waals surface area contributed by atoms with Crippen LogP contribution in [0.5, 0.6) is 0 Å². The Bertz CT molecular complexity index is 212. The second-order valence-electron chi connectivity index (χ2n) is 4.74. The highest BCUT2D eigenvalue weighted by atomic mass is 79.9. The average molecular weight is 277 g/mol. The first-order chi connectivity index (χ1) is 7.11. The van der Waals surface area contributed by atoms with Gasteiger partial charge in [0.1, 0.15) is 5.78 Å². The van der Waals surface area contributed by atoms with Crippen molar-refractivity contribution in [1.29, 1.82) is 0 Å². The van der Waals surface area contributed by atoms with E-state index in [1.807, 2.05) is 0 Å². The molecule has 0 aromatic heterocycles. The molecule has 1 fully saturated rings. The van der Waals surface area contributed by atoms with E-state index in [0.29, 0.717) is 11.7 Å². The Labute approximate surface area is 101 Å². The molecule has 2 nitrogen and oxygen atoms in total. The van der Waals surface area contributed by atoms with E-state index in [2.05, 4.69) is 22.9 Å². The summed E-state index contributed by atoms with van der Waals surface area (Å²) in [6.07, 6.45) is 6.13. The van der Waals surface area contributed by atoms with Crippen LogP contribution in [0.25, 0.3) is 0 Å². The molecule has 0 saturated heterocycles. The van der Waals surface area contributed by atoms with Gasteiger partial charge in [-0.25, -0.2) is 0 Å². The van der Waals surface area contributed by atoms with Gasteiger partial charge in [-0.1, -0.05) is 22.4 Å². The third kappa shape index (κ3) is 3.87. The molecule has 0 spiro atoms. The van der Waals surface area contributed by atoms with Crippen LogP contribution < -0.4 is 0 Å². The van der Waals surface area contributed by atoms with Crippen LogP contribution in [-0.4, -0.2) is 23.8 Å². The minimum atomic E-state index is -0.113. The van der Waals surface area contributed by atoms with Crippen molar-refractivity contribution in [3.8, 4) is 0 Å². The summed E-state index contributed by atoms with van der Waals surface area (Å²) in [5, 5.41) is 0.831. The van der Waals surface area contributed by atoms with Gasteiger partial charge in [-0.05, 0) is 32.6 Å². The Kier molecular flexibility index (Phi) is 5.27. The molecule has 0 amide bonds. The van der Waals surface area contributed by atoms with E-state index in [0.717, 1.165) is 37.4 Å². The molecule has 0 bridgehead atoms. The largest absolute Gasteiger partial charge is 0.378 e. The molecule has 1 rings (SSSR count). The smallest absolute Gasteiger partial charge is 0.135 e. The molecule has 0 heterocycles. The number of hydrogen-bond acceptors (Lipinski definition) is 2. The molecule has 1 aliphatic carbocycles. The number of carbonyl (C=O) groups is 1. The van der Waals surface area contributed by atoms with Crippen molar-refractivity contribution >= 4 is 21.7 Å². The fraction of sp³-hybridized carbons (Fsp3) is 0.917. The molecular formula is C12H21BrO2. The van der Waals surface area contributed by atoms with Crippen molar-refractivity contribution in [2.75, 3.05) is 12.4 Å². The molecule has 0 aromatic carbocycles. The maximum atomic E-state index is 11.6. The van der Waals surface area contributed by atoms with Crippen LogP contribution in [0.2, 0.25) is 0 Å². The van der Waals surface area contributed by atoms with E-state index in [1.165, 1.54) is 6.42 Å². The van der Waals surface area contributed by atoms with Gasteiger partial charge >= 0.3 is 0 Å². The minimum absolute atomic E-state index is 0.113. The van der Waals surface area contributed by atoms with Gasteiger partial charge in [0.25, 0.3) is 0 Å². The summed E-state index contributed by atoms with van der Waals surface area (Å²) in [7, 11) is 1.74. The van der Waals surface area contributed by atoms with Crippen molar-refractivity contribution in [2.24, 2.45) is 5.92 Å². The molecule has 88 valence electrons. The first kappa shape index (κ1) is 13.2. The number of ketones is 1. The molecule has 0 aliphatic heterocycles. The lowest BCUT2D eigenvalue weighted by Crippen LogP contribution is -2.31. The number of halogens is 1. The topological polar surface area (TPSA) is 26.3 Å². The van der Waals surface area contributed by atoms with E-state index < -0.39 is 0 Å². The molecule has 15 heavy (non-hydrogen) atoms. The SMILES string of the molecule is COC(C)(CBr)CCC1CCCCC1=O. The zero-order valence-corrected chi connectivity index (χ0v) is 11.3. The minimum Gasteiger partial charge on any atom is -0.378 e. The highest BCUT2D eigenvalue weighted by molar-refractivity contribution is 9.09. The van der Waals surface area contributed by atoms with Gasteiger partial charge in [0.15, 0.2) is 0 Å². The lowest BCUT2D eigenvalue weighted by Gasteiger charge is -2.28. The number of rotatable bonds is 5. The van der Waals surface area contributed by atoms with Gasteiger partial charge in [-0.2, -0.15) is 0 Å². The third-order valence-corrected chi connectivity index (χ3v) is 4.66. The molecule has 0 N–H and O–H groups in total. The standard InChI is InChI=1S/C12H21BrO2/c1-12(9-13,15-2)8-7-10-5-3-4-6-11(10)14/h10H,3-9H2,1-2H3. The number of hydrogen-bond donors (Lipinski definition) is 0. The second-order valence-corrected chi connectivity index (χ2v) is 5.30. The molecule has 0 aromatic rings. The quantitative estimate of drug-likeness (QED) is 0.720. The summed E-state index contributed by atoms with van der Waals surface area (Å²) >= 11 is 3.46. The fourth-order valence-electron chi connectivity index (χ4n) is 2.06. The van der Waals surface area contributed by atoms with Crippen molar-refractivity contribution in [3.63, 3.8) is 0 Å². The molecule has 2 unspecified atom stereocenters. The Hall–Kier alpha value is 0.110. The Morgan fingerprint density at radius 1 is 1.53 bits per heavy atom. The summed E-state index contributed by atoms with van der Waals surface area (Å²) in [5.74, 6) is 0.765. The van der Waals surface area contributed by atoms with Gasteiger partial charge in [0.2, 0.25) is 0 Å². The van der Waals surface area contributed by atoms with Crippen LogP contribution in [0.15, 0.2) is 0 Å². The molecule has 2 atom stereocenters. The highest BCUT2D eigenvalue weighted by Gasteiger charge is 2.27. The Morgan fingerprint density at radius 2 is 2.27 bits per heavy atom. The first-order valence-corrected chi connectivity index (χ1v) is 6.87. The lowest BCUT2D eigenvalue weighted by molar-refractivity contribution is -0.125. The van der Waals surface area contributed by atoms with E-state index in [1.54, 1.807) is 7.11 Å². The van der Waals surface area contributed by atoms with Crippen LogP contribution in [0, 0.1) is 5.92 Å². The van der Waals surface area contributed by atoms with E-state index >= 15 is 0 Å². The predicted octanol–water partition coefficient (Wildman–Crippen LogP) is 3.33. The van der Waals surface area contributed by atoms with Crippen LogP contribution in [0.4, 0.5) is 0 Å². The summed E-state index contributed by atoms with van der Waals surface area (Å²) < 4.78 is 5.46.